The Kier molecular flexibility index (Phi) is 4.54. The normalized spacial score (nSPS) is 20.5. The average Bonchev–Trinajstić information content (AvgIpc) is 2.94. The van der Waals surface area contributed by atoms with E-state index in [1.165, 1.54) is 0 Å². The van der Waals surface area contributed by atoms with Gasteiger partial charge in [0.25, 0.3) is 0 Å². The molecule has 7 heteroatoms. The van der Waals surface area contributed by atoms with E-state index in [1.807, 2.05) is 42.8 Å². The molecule has 0 unspecified atom stereocenters. The van der Waals surface area contributed by atoms with Crippen LogP contribution in [0.4, 0.5) is 5.82 Å². The number of hydrogen-bond acceptors (Lipinski definition) is 5. The molecule has 2 aromatic heterocycles. The second-order valence-electron chi connectivity index (χ2n) is 7.02. The van der Waals surface area contributed by atoms with Gasteiger partial charge in [-0.05, 0) is 51.7 Å². The molecule has 0 atom stereocenters. The van der Waals surface area contributed by atoms with Crippen LogP contribution in [-0.4, -0.2) is 31.8 Å². The van der Waals surface area contributed by atoms with Gasteiger partial charge in [-0.15, -0.1) is 0 Å². The van der Waals surface area contributed by atoms with Gasteiger partial charge >= 0.3 is 0 Å². The van der Waals surface area contributed by atoms with Crippen LogP contribution in [0.3, 0.4) is 0 Å². The molecule has 4 rings (SSSR count). The summed E-state index contributed by atoms with van der Waals surface area (Å²) in [5.74, 6) is 1.56. The lowest BCUT2D eigenvalue weighted by Crippen LogP contribution is -2.33. The maximum absolute atomic E-state index is 6.39. The van der Waals surface area contributed by atoms with E-state index in [1.54, 1.807) is 0 Å². The van der Waals surface area contributed by atoms with Gasteiger partial charge in [0, 0.05) is 12.1 Å². The van der Waals surface area contributed by atoms with Crippen molar-refractivity contribution in [2.75, 3.05) is 5.32 Å². The molecule has 1 fully saturated rings. The molecule has 136 valence electrons. The van der Waals surface area contributed by atoms with Gasteiger partial charge < -0.3 is 11.1 Å². The SMILES string of the molecule is Cc1nc(NC2CCC(N)CC2)c2c(C)nn(-c3ccccc3Cl)c2n1. The van der Waals surface area contributed by atoms with Crippen molar-refractivity contribution in [3.8, 4) is 5.69 Å². The Bertz CT molecular complexity index is 943. The number of fused-ring (bicyclic) bond motifs is 1. The molecular formula is C19H23ClN6. The first-order chi connectivity index (χ1) is 12.5. The van der Waals surface area contributed by atoms with Gasteiger partial charge in [-0.1, -0.05) is 23.7 Å². The zero-order valence-electron chi connectivity index (χ0n) is 15.0. The summed E-state index contributed by atoms with van der Waals surface area (Å²) in [6, 6.07) is 8.37. The molecule has 1 aromatic carbocycles. The van der Waals surface area contributed by atoms with Crippen molar-refractivity contribution in [2.24, 2.45) is 5.73 Å². The molecule has 2 heterocycles. The number of nitrogens with two attached hydrogens (primary N) is 1. The lowest BCUT2D eigenvalue weighted by molar-refractivity contribution is 0.410. The summed E-state index contributed by atoms with van der Waals surface area (Å²) in [7, 11) is 0. The van der Waals surface area contributed by atoms with Gasteiger partial charge in [-0.3, -0.25) is 0 Å². The van der Waals surface area contributed by atoms with Crippen LogP contribution in [0.15, 0.2) is 24.3 Å². The number of benzene rings is 1. The topological polar surface area (TPSA) is 81.6 Å². The average molecular weight is 371 g/mol. The molecule has 6 nitrogen and oxygen atoms in total. The van der Waals surface area contributed by atoms with Crippen molar-refractivity contribution >= 4 is 28.5 Å². The van der Waals surface area contributed by atoms with E-state index in [0.29, 0.717) is 22.9 Å². The molecule has 1 aliphatic rings. The fourth-order valence-corrected chi connectivity index (χ4v) is 3.86. The van der Waals surface area contributed by atoms with Crippen LogP contribution in [0, 0.1) is 13.8 Å². The van der Waals surface area contributed by atoms with Crippen LogP contribution in [0.5, 0.6) is 0 Å². The molecule has 0 radical (unpaired) electrons. The van der Waals surface area contributed by atoms with Crippen molar-refractivity contribution in [1.82, 2.24) is 19.7 Å². The first-order valence-electron chi connectivity index (χ1n) is 9.04. The van der Waals surface area contributed by atoms with Gasteiger partial charge in [0.1, 0.15) is 11.6 Å². The highest BCUT2D eigenvalue weighted by molar-refractivity contribution is 6.32. The minimum Gasteiger partial charge on any atom is -0.367 e. The van der Waals surface area contributed by atoms with Crippen molar-refractivity contribution in [2.45, 2.75) is 51.6 Å². The van der Waals surface area contributed by atoms with E-state index in [-0.39, 0.29) is 0 Å². The van der Waals surface area contributed by atoms with E-state index in [2.05, 4.69) is 15.3 Å². The molecular weight excluding hydrogens is 348 g/mol. The first-order valence-corrected chi connectivity index (χ1v) is 9.41. The monoisotopic (exact) mass is 370 g/mol. The quantitative estimate of drug-likeness (QED) is 0.733. The molecule has 3 N–H and O–H groups in total. The predicted molar refractivity (Wildman–Crippen MR) is 105 cm³/mol. The molecule has 0 saturated heterocycles. The Morgan fingerprint density at radius 1 is 1.12 bits per heavy atom. The van der Waals surface area contributed by atoms with E-state index in [0.717, 1.165) is 53.9 Å². The van der Waals surface area contributed by atoms with E-state index < -0.39 is 0 Å². The fourth-order valence-electron chi connectivity index (χ4n) is 3.64. The highest BCUT2D eigenvalue weighted by atomic mass is 35.5. The van der Waals surface area contributed by atoms with Crippen LogP contribution in [0.2, 0.25) is 5.02 Å². The van der Waals surface area contributed by atoms with E-state index in [4.69, 9.17) is 22.4 Å². The number of nitrogens with one attached hydrogen (secondary N) is 1. The Hall–Kier alpha value is -2.18. The number of rotatable bonds is 3. The lowest BCUT2D eigenvalue weighted by atomic mass is 9.92. The Labute approximate surface area is 157 Å². The Morgan fingerprint density at radius 3 is 2.58 bits per heavy atom. The number of hydrogen-bond donors (Lipinski definition) is 2. The molecule has 1 saturated carbocycles. The molecule has 0 spiro atoms. The third kappa shape index (κ3) is 3.15. The minimum atomic E-state index is 0.324. The number of halogens is 1. The molecule has 3 aromatic rings. The summed E-state index contributed by atoms with van der Waals surface area (Å²) in [5.41, 5.74) is 8.51. The van der Waals surface area contributed by atoms with Crippen LogP contribution < -0.4 is 11.1 Å². The van der Waals surface area contributed by atoms with Crippen molar-refractivity contribution in [3.05, 3.63) is 40.8 Å². The molecule has 0 bridgehead atoms. The molecule has 0 aliphatic heterocycles. The summed E-state index contributed by atoms with van der Waals surface area (Å²) in [6.45, 7) is 3.89. The highest BCUT2D eigenvalue weighted by Gasteiger charge is 2.22. The third-order valence-corrected chi connectivity index (χ3v) is 5.33. The van der Waals surface area contributed by atoms with Crippen molar-refractivity contribution in [3.63, 3.8) is 0 Å². The van der Waals surface area contributed by atoms with Gasteiger partial charge in [-0.25, -0.2) is 14.6 Å². The zero-order valence-corrected chi connectivity index (χ0v) is 15.8. The van der Waals surface area contributed by atoms with E-state index in [9.17, 15) is 0 Å². The second kappa shape index (κ2) is 6.85. The second-order valence-corrected chi connectivity index (χ2v) is 7.43. The molecule has 26 heavy (non-hydrogen) atoms. The summed E-state index contributed by atoms with van der Waals surface area (Å²) < 4.78 is 1.81. The zero-order chi connectivity index (χ0) is 18.3. The van der Waals surface area contributed by atoms with Gasteiger partial charge in [0.05, 0.1) is 21.8 Å². The maximum atomic E-state index is 6.39. The molecule has 0 amide bonds. The third-order valence-electron chi connectivity index (χ3n) is 5.01. The standard InChI is InChI=1S/C19H23ClN6/c1-11-17-18(24-14-9-7-13(21)8-10-14)22-12(2)23-19(17)26(25-11)16-6-4-3-5-15(16)20/h3-6,13-14H,7-10,21H2,1-2H3,(H,22,23,24). The van der Waals surface area contributed by atoms with Crippen molar-refractivity contribution < 1.29 is 0 Å². The Morgan fingerprint density at radius 2 is 1.85 bits per heavy atom. The van der Waals surface area contributed by atoms with Gasteiger partial charge in [0.15, 0.2) is 5.65 Å². The van der Waals surface area contributed by atoms with Gasteiger partial charge in [-0.2, -0.15) is 5.10 Å². The number of aromatic nitrogens is 4. The first kappa shape index (κ1) is 17.2. The van der Waals surface area contributed by atoms with Crippen LogP contribution >= 0.6 is 11.6 Å². The summed E-state index contributed by atoms with van der Waals surface area (Å²) in [6.07, 6.45) is 4.21. The van der Waals surface area contributed by atoms with Crippen molar-refractivity contribution in [1.29, 1.82) is 0 Å². The van der Waals surface area contributed by atoms with Crippen LogP contribution in [0.1, 0.15) is 37.2 Å². The smallest absolute Gasteiger partial charge is 0.169 e. The van der Waals surface area contributed by atoms with Crippen LogP contribution in [-0.2, 0) is 0 Å². The predicted octanol–water partition coefficient (Wildman–Crippen LogP) is 3.77. The largest absolute Gasteiger partial charge is 0.367 e. The number of anilines is 1. The number of para-hydroxylation sites is 1. The van der Waals surface area contributed by atoms with E-state index >= 15 is 0 Å². The Balaban J connectivity index is 1.79. The van der Waals surface area contributed by atoms with Gasteiger partial charge in [0.2, 0.25) is 0 Å². The summed E-state index contributed by atoms with van der Waals surface area (Å²) in [5, 5.41) is 9.90. The minimum absolute atomic E-state index is 0.324. The number of nitrogens with zero attached hydrogens (tertiary/aromatic N) is 4. The highest BCUT2D eigenvalue weighted by Crippen LogP contribution is 2.30. The fraction of sp³-hybridized carbons (Fsp3) is 0.421. The molecule has 1 aliphatic carbocycles. The summed E-state index contributed by atoms with van der Waals surface area (Å²) in [4.78, 5) is 9.32. The maximum Gasteiger partial charge on any atom is 0.169 e. The van der Waals surface area contributed by atoms with Crippen LogP contribution in [0.25, 0.3) is 16.7 Å². The lowest BCUT2D eigenvalue weighted by Gasteiger charge is -2.27. The number of aryl methyl sites for hydroxylation is 2. The summed E-state index contributed by atoms with van der Waals surface area (Å²) >= 11 is 6.39.